The highest BCUT2D eigenvalue weighted by atomic mass is 35.5. The van der Waals surface area contributed by atoms with E-state index in [1.54, 1.807) is 24.7 Å². The molecule has 0 bridgehead atoms. The van der Waals surface area contributed by atoms with Crippen LogP contribution in [0.3, 0.4) is 0 Å². The van der Waals surface area contributed by atoms with Crippen molar-refractivity contribution < 1.29 is 18.4 Å². The maximum absolute atomic E-state index is 12.5. The average Bonchev–Trinajstić information content (AvgIpc) is 3.45. The minimum atomic E-state index is -0.204. The lowest BCUT2D eigenvalue weighted by molar-refractivity contribution is -0.116. The molecule has 2 heterocycles. The molecule has 2 aromatic carbocycles. The summed E-state index contributed by atoms with van der Waals surface area (Å²) in [4.78, 5) is 12.5. The molecule has 0 aliphatic carbocycles. The number of hydrogen-bond donors (Lipinski definition) is 1. The topological polar surface area (TPSA) is 64.6 Å². The second-order valence-corrected chi connectivity index (χ2v) is 7.91. The molecule has 0 unspecified atom stereocenters. The standard InChI is InChI=1S/C26H24ClNO4/c1-4-30-25-17(3)26-22(23(15-32-26)18-7-9-19(27)10-8-18)13-21(25)16(2)12-24(29)28-14-20-6-5-11-31-20/h5-13,15H,4,14H2,1-3H3,(H,28,29)/b16-12+. The van der Waals surface area contributed by atoms with Gasteiger partial charge in [0, 0.05) is 33.2 Å². The first-order chi connectivity index (χ1) is 15.5. The van der Waals surface area contributed by atoms with Crippen LogP contribution in [-0.4, -0.2) is 12.5 Å². The van der Waals surface area contributed by atoms with Gasteiger partial charge in [0.1, 0.15) is 17.1 Å². The first kappa shape index (κ1) is 21.8. The van der Waals surface area contributed by atoms with Gasteiger partial charge in [-0.25, -0.2) is 0 Å². The van der Waals surface area contributed by atoms with Gasteiger partial charge in [-0.15, -0.1) is 0 Å². The summed E-state index contributed by atoms with van der Waals surface area (Å²) in [5, 5.41) is 4.47. The van der Waals surface area contributed by atoms with Gasteiger partial charge in [0.2, 0.25) is 5.91 Å². The monoisotopic (exact) mass is 449 g/mol. The Morgan fingerprint density at radius 1 is 1.19 bits per heavy atom. The van der Waals surface area contributed by atoms with Gasteiger partial charge in [-0.05, 0) is 62.2 Å². The number of furan rings is 2. The Hall–Kier alpha value is -3.44. The molecule has 0 aliphatic heterocycles. The zero-order chi connectivity index (χ0) is 22.7. The first-order valence-electron chi connectivity index (χ1n) is 10.4. The number of amides is 1. The molecule has 2 aromatic heterocycles. The third-order valence-corrected chi connectivity index (χ3v) is 5.53. The molecule has 4 rings (SSSR count). The Balaban J connectivity index is 1.74. The molecular formula is C26H24ClNO4. The van der Waals surface area contributed by atoms with Crippen molar-refractivity contribution in [2.45, 2.75) is 27.3 Å². The molecule has 0 atom stereocenters. The Bertz CT molecular complexity index is 1270. The van der Waals surface area contributed by atoms with E-state index in [4.69, 9.17) is 25.2 Å². The molecule has 0 spiro atoms. The van der Waals surface area contributed by atoms with E-state index in [1.807, 2.05) is 57.2 Å². The smallest absolute Gasteiger partial charge is 0.244 e. The highest BCUT2D eigenvalue weighted by Crippen LogP contribution is 2.40. The van der Waals surface area contributed by atoms with Crippen molar-refractivity contribution in [3.05, 3.63) is 83.0 Å². The number of allylic oxidation sites excluding steroid dienone is 1. The maximum Gasteiger partial charge on any atom is 0.244 e. The van der Waals surface area contributed by atoms with Crippen molar-refractivity contribution in [3.63, 3.8) is 0 Å². The number of nitrogens with one attached hydrogen (secondary N) is 1. The predicted molar refractivity (Wildman–Crippen MR) is 127 cm³/mol. The van der Waals surface area contributed by atoms with E-state index in [2.05, 4.69) is 5.32 Å². The van der Waals surface area contributed by atoms with Crippen LogP contribution in [0, 0.1) is 6.92 Å². The van der Waals surface area contributed by atoms with Crippen LogP contribution in [-0.2, 0) is 11.3 Å². The zero-order valence-corrected chi connectivity index (χ0v) is 19.0. The van der Waals surface area contributed by atoms with Crippen molar-refractivity contribution in [3.8, 4) is 16.9 Å². The van der Waals surface area contributed by atoms with Crippen LogP contribution in [0.5, 0.6) is 5.75 Å². The second kappa shape index (κ2) is 9.37. The third kappa shape index (κ3) is 4.43. The molecular weight excluding hydrogens is 426 g/mol. The Morgan fingerprint density at radius 3 is 2.66 bits per heavy atom. The molecule has 32 heavy (non-hydrogen) atoms. The number of halogens is 1. The van der Waals surface area contributed by atoms with E-state index in [0.29, 0.717) is 29.7 Å². The number of ether oxygens (including phenoxy) is 1. The summed E-state index contributed by atoms with van der Waals surface area (Å²) in [5.74, 6) is 1.21. The summed E-state index contributed by atoms with van der Waals surface area (Å²) in [5.41, 5.74) is 5.25. The number of fused-ring (bicyclic) bond motifs is 1. The summed E-state index contributed by atoms with van der Waals surface area (Å²) in [6, 6.07) is 13.3. The van der Waals surface area contributed by atoms with Gasteiger partial charge < -0.3 is 18.9 Å². The molecule has 1 N–H and O–H groups in total. The number of carbonyl (C=O) groups excluding carboxylic acids is 1. The quantitative estimate of drug-likeness (QED) is 0.316. The van der Waals surface area contributed by atoms with Crippen LogP contribution >= 0.6 is 11.6 Å². The minimum Gasteiger partial charge on any atom is -0.493 e. The number of rotatable bonds is 7. The third-order valence-electron chi connectivity index (χ3n) is 5.28. The summed E-state index contributed by atoms with van der Waals surface area (Å²) >= 11 is 6.05. The van der Waals surface area contributed by atoms with Gasteiger partial charge in [0.25, 0.3) is 0 Å². The molecule has 0 fully saturated rings. The first-order valence-corrected chi connectivity index (χ1v) is 10.8. The summed E-state index contributed by atoms with van der Waals surface area (Å²) in [6.45, 7) is 6.63. The Labute approximate surface area is 191 Å². The summed E-state index contributed by atoms with van der Waals surface area (Å²) in [6.07, 6.45) is 4.90. The fourth-order valence-corrected chi connectivity index (χ4v) is 3.83. The normalized spacial score (nSPS) is 11.7. The zero-order valence-electron chi connectivity index (χ0n) is 18.2. The Morgan fingerprint density at radius 2 is 1.97 bits per heavy atom. The average molecular weight is 450 g/mol. The van der Waals surface area contributed by atoms with Crippen molar-refractivity contribution in [1.82, 2.24) is 5.32 Å². The summed E-state index contributed by atoms with van der Waals surface area (Å²) in [7, 11) is 0. The van der Waals surface area contributed by atoms with Crippen LogP contribution in [0.1, 0.15) is 30.7 Å². The number of benzene rings is 2. The number of carbonyl (C=O) groups is 1. The SMILES string of the molecule is CCOc1c(/C(C)=C/C(=O)NCc2ccco2)cc2c(-c3ccc(Cl)cc3)coc2c1C. The predicted octanol–water partition coefficient (Wildman–Crippen LogP) is 6.77. The number of hydrogen-bond acceptors (Lipinski definition) is 4. The molecule has 0 radical (unpaired) electrons. The lowest BCUT2D eigenvalue weighted by Gasteiger charge is -2.15. The summed E-state index contributed by atoms with van der Waals surface area (Å²) < 4.78 is 17.2. The van der Waals surface area contributed by atoms with Crippen LogP contribution < -0.4 is 10.1 Å². The molecule has 0 saturated heterocycles. The van der Waals surface area contributed by atoms with E-state index >= 15 is 0 Å². The molecule has 0 saturated carbocycles. The van der Waals surface area contributed by atoms with E-state index < -0.39 is 0 Å². The van der Waals surface area contributed by atoms with Crippen molar-refractivity contribution in [1.29, 1.82) is 0 Å². The van der Waals surface area contributed by atoms with Gasteiger partial charge in [-0.2, -0.15) is 0 Å². The van der Waals surface area contributed by atoms with E-state index in [0.717, 1.165) is 38.8 Å². The van der Waals surface area contributed by atoms with Gasteiger partial charge in [0.15, 0.2) is 0 Å². The second-order valence-electron chi connectivity index (χ2n) is 7.47. The molecule has 5 nitrogen and oxygen atoms in total. The fourth-order valence-electron chi connectivity index (χ4n) is 3.70. The highest BCUT2D eigenvalue weighted by molar-refractivity contribution is 6.30. The fraction of sp³-hybridized carbons (Fsp3) is 0.192. The van der Waals surface area contributed by atoms with Crippen molar-refractivity contribution in [2.24, 2.45) is 0 Å². The van der Waals surface area contributed by atoms with Crippen LogP contribution in [0.25, 0.3) is 27.7 Å². The lowest BCUT2D eigenvalue weighted by Crippen LogP contribution is -2.20. The van der Waals surface area contributed by atoms with E-state index in [9.17, 15) is 4.79 Å². The maximum atomic E-state index is 12.5. The van der Waals surface area contributed by atoms with Gasteiger partial charge in [-0.3, -0.25) is 4.79 Å². The minimum absolute atomic E-state index is 0.204. The number of aryl methyl sites for hydroxylation is 1. The molecule has 0 aliphatic rings. The largest absolute Gasteiger partial charge is 0.493 e. The van der Waals surface area contributed by atoms with E-state index in [1.165, 1.54) is 0 Å². The molecule has 164 valence electrons. The lowest BCUT2D eigenvalue weighted by atomic mass is 9.96. The molecule has 1 amide bonds. The van der Waals surface area contributed by atoms with Crippen molar-refractivity contribution in [2.75, 3.05) is 6.61 Å². The van der Waals surface area contributed by atoms with Gasteiger partial charge >= 0.3 is 0 Å². The van der Waals surface area contributed by atoms with E-state index in [-0.39, 0.29) is 5.91 Å². The van der Waals surface area contributed by atoms with Crippen LogP contribution in [0.4, 0.5) is 0 Å². The van der Waals surface area contributed by atoms with Gasteiger partial charge in [0.05, 0.1) is 25.7 Å². The molecule has 6 heteroatoms. The van der Waals surface area contributed by atoms with Gasteiger partial charge in [-0.1, -0.05) is 23.7 Å². The van der Waals surface area contributed by atoms with Crippen LogP contribution in [0.15, 0.2) is 69.9 Å². The molecule has 4 aromatic rings. The van der Waals surface area contributed by atoms with Crippen LogP contribution in [0.2, 0.25) is 5.02 Å². The highest BCUT2D eigenvalue weighted by Gasteiger charge is 2.19. The Kier molecular flexibility index (Phi) is 6.37. The van der Waals surface area contributed by atoms with Crippen molar-refractivity contribution >= 4 is 34.1 Å².